The number of hydrogen-bond acceptors (Lipinski definition) is 6. The van der Waals surface area contributed by atoms with Crippen LogP contribution in [0.1, 0.15) is 37.2 Å². The first-order valence-corrected chi connectivity index (χ1v) is 10.3. The Morgan fingerprint density at radius 1 is 1.21 bits per heavy atom. The van der Waals surface area contributed by atoms with E-state index in [4.69, 9.17) is 16.6 Å². The summed E-state index contributed by atoms with van der Waals surface area (Å²) in [6.07, 6.45) is 5.65. The molecule has 1 aromatic carbocycles. The van der Waals surface area contributed by atoms with Crippen LogP contribution >= 0.6 is 11.6 Å². The third kappa shape index (κ3) is 3.52. The lowest BCUT2D eigenvalue weighted by atomic mass is 10.1. The summed E-state index contributed by atoms with van der Waals surface area (Å²) >= 11 is 6.56. The Balaban J connectivity index is 1.52. The summed E-state index contributed by atoms with van der Waals surface area (Å²) in [6, 6.07) is 8.09. The topological polar surface area (TPSA) is 82.6 Å². The Morgan fingerprint density at radius 3 is 2.93 bits per heavy atom. The average Bonchev–Trinajstić information content (AvgIpc) is 3.40. The monoisotopic (exact) mass is 407 g/mol. The fourth-order valence-corrected chi connectivity index (χ4v) is 4.30. The Kier molecular flexibility index (Phi) is 4.77. The maximum atomic E-state index is 6.56. The fourth-order valence-electron chi connectivity index (χ4n) is 4.01. The van der Waals surface area contributed by atoms with Gasteiger partial charge in [0.15, 0.2) is 11.5 Å². The first-order valence-electron chi connectivity index (χ1n) is 9.90. The van der Waals surface area contributed by atoms with Gasteiger partial charge in [-0.05, 0) is 50.4 Å². The van der Waals surface area contributed by atoms with Crippen molar-refractivity contribution in [2.45, 2.75) is 32.4 Å². The average molecular weight is 408 g/mol. The van der Waals surface area contributed by atoms with Crippen LogP contribution in [-0.2, 0) is 6.54 Å². The molecule has 148 valence electrons. The zero-order chi connectivity index (χ0) is 19.8. The molecular formula is C21H22ClN7. The van der Waals surface area contributed by atoms with E-state index in [1.807, 2.05) is 12.1 Å². The van der Waals surface area contributed by atoms with Gasteiger partial charge in [0.2, 0.25) is 0 Å². The Labute approximate surface area is 173 Å². The first-order chi connectivity index (χ1) is 14.2. The molecule has 0 radical (unpaired) electrons. The SMILES string of the molecule is C[C@@H](Nc1ncnc2[nH]cnc12)c1cc2cccc(Cl)c2c(CN2CCCC2)n1. The van der Waals surface area contributed by atoms with Crippen LogP contribution in [0, 0.1) is 0 Å². The predicted molar refractivity (Wildman–Crippen MR) is 115 cm³/mol. The molecule has 8 heteroatoms. The summed E-state index contributed by atoms with van der Waals surface area (Å²) in [5.41, 5.74) is 3.42. The third-order valence-electron chi connectivity index (χ3n) is 5.49. The number of pyridine rings is 1. The van der Waals surface area contributed by atoms with Crippen molar-refractivity contribution in [1.29, 1.82) is 0 Å². The van der Waals surface area contributed by atoms with E-state index in [0.29, 0.717) is 11.5 Å². The van der Waals surface area contributed by atoms with E-state index in [2.05, 4.69) is 49.2 Å². The lowest BCUT2D eigenvalue weighted by Crippen LogP contribution is -2.20. The van der Waals surface area contributed by atoms with Crippen LogP contribution in [0.4, 0.5) is 5.82 Å². The van der Waals surface area contributed by atoms with E-state index >= 15 is 0 Å². The van der Waals surface area contributed by atoms with Gasteiger partial charge in [0, 0.05) is 11.9 Å². The summed E-state index contributed by atoms with van der Waals surface area (Å²) in [7, 11) is 0. The Bertz CT molecular complexity index is 1170. The highest BCUT2D eigenvalue weighted by atomic mass is 35.5. The van der Waals surface area contributed by atoms with Gasteiger partial charge in [0.25, 0.3) is 0 Å². The van der Waals surface area contributed by atoms with E-state index in [9.17, 15) is 0 Å². The highest BCUT2D eigenvalue weighted by Crippen LogP contribution is 2.30. The van der Waals surface area contributed by atoms with Crippen LogP contribution in [0.5, 0.6) is 0 Å². The number of aromatic nitrogens is 5. The summed E-state index contributed by atoms with van der Waals surface area (Å²) < 4.78 is 0. The number of imidazole rings is 1. The van der Waals surface area contributed by atoms with Crippen LogP contribution in [-0.4, -0.2) is 42.9 Å². The quantitative estimate of drug-likeness (QED) is 0.512. The summed E-state index contributed by atoms with van der Waals surface area (Å²) in [4.78, 5) is 23.4. The molecule has 0 spiro atoms. The number of halogens is 1. The second-order valence-corrected chi connectivity index (χ2v) is 7.91. The molecule has 1 atom stereocenters. The highest BCUT2D eigenvalue weighted by molar-refractivity contribution is 6.35. The number of aromatic amines is 1. The zero-order valence-electron chi connectivity index (χ0n) is 16.2. The van der Waals surface area contributed by atoms with Crippen LogP contribution in [0.15, 0.2) is 36.9 Å². The van der Waals surface area contributed by atoms with Gasteiger partial charge in [-0.1, -0.05) is 23.7 Å². The number of benzene rings is 1. The van der Waals surface area contributed by atoms with Gasteiger partial charge in [-0.3, -0.25) is 9.88 Å². The Hall–Kier alpha value is -2.77. The lowest BCUT2D eigenvalue weighted by molar-refractivity contribution is 0.328. The number of H-pyrrole nitrogens is 1. The van der Waals surface area contributed by atoms with Crippen molar-refractivity contribution in [3.05, 3.63) is 53.3 Å². The molecule has 1 aliphatic rings. The maximum Gasteiger partial charge on any atom is 0.162 e. The number of fused-ring (bicyclic) bond motifs is 2. The normalized spacial score (nSPS) is 15.9. The highest BCUT2D eigenvalue weighted by Gasteiger charge is 2.19. The molecule has 0 aliphatic carbocycles. The first kappa shape index (κ1) is 18.3. The molecule has 0 bridgehead atoms. The number of hydrogen-bond donors (Lipinski definition) is 2. The van der Waals surface area contributed by atoms with E-state index in [1.54, 1.807) is 6.33 Å². The standard InChI is InChI=1S/C21H22ClN7/c1-13(27-21-19-20(24-11-23-19)25-12-26-21)16-9-14-5-4-6-15(22)18(14)17(28-16)10-29-7-2-3-8-29/h4-6,9,11-13H,2-3,7-8,10H2,1H3,(H2,23,24,25,26,27)/t13-/m1/s1. The van der Waals surface area contributed by atoms with Gasteiger partial charge in [-0.25, -0.2) is 15.0 Å². The van der Waals surface area contributed by atoms with Gasteiger partial charge >= 0.3 is 0 Å². The molecule has 1 saturated heterocycles. The lowest BCUT2D eigenvalue weighted by Gasteiger charge is -2.20. The molecule has 0 saturated carbocycles. The summed E-state index contributed by atoms with van der Waals surface area (Å²) in [6.45, 7) is 5.13. The van der Waals surface area contributed by atoms with Gasteiger partial charge in [0.1, 0.15) is 11.8 Å². The van der Waals surface area contributed by atoms with Crippen molar-refractivity contribution in [2.75, 3.05) is 18.4 Å². The van der Waals surface area contributed by atoms with Gasteiger partial charge < -0.3 is 10.3 Å². The van der Waals surface area contributed by atoms with Crippen molar-refractivity contribution < 1.29 is 0 Å². The van der Waals surface area contributed by atoms with E-state index in [0.717, 1.165) is 52.3 Å². The van der Waals surface area contributed by atoms with Crippen molar-refractivity contribution in [3.8, 4) is 0 Å². The van der Waals surface area contributed by atoms with E-state index < -0.39 is 0 Å². The van der Waals surface area contributed by atoms with Crippen LogP contribution in [0.2, 0.25) is 5.02 Å². The van der Waals surface area contributed by atoms with Crippen molar-refractivity contribution in [2.24, 2.45) is 0 Å². The van der Waals surface area contributed by atoms with E-state index in [-0.39, 0.29) is 6.04 Å². The molecule has 4 heterocycles. The third-order valence-corrected chi connectivity index (χ3v) is 5.80. The molecule has 7 nitrogen and oxygen atoms in total. The van der Waals surface area contributed by atoms with Gasteiger partial charge in [0.05, 0.1) is 28.8 Å². The van der Waals surface area contributed by atoms with Crippen LogP contribution in [0.25, 0.3) is 21.9 Å². The molecular weight excluding hydrogens is 386 g/mol. The summed E-state index contributed by atoms with van der Waals surface area (Å²) in [5, 5.41) is 6.36. The number of rotatable bonds is 5. The molecule has 3 aromatic heterocycles. The molecule has 0 amide bonds. The smallest absolute Gasteiger partial charge is 0.162 e. The van der Waals surface area contributed by atoms with E-state index in [1.165, 1.54) is 19.2 Å². The minimum absolute atomic E-state index is 0.0505. The predicted octanol–water partition coefficient (Wildman–Crippen LogP) is 4.32. The molecule has 0 unspecified atom stereocenters. The molecule has 1 fully saturated rings. The van der Waals surface area contributed by atoms with Crippen molar-refractivity contribution in [1.82, 2.24) is 29.8 Å². The maximum absolute atomic E-state index is 6.56. The van der Waals surface area contributed by atoms with Crippen LogP contribution in [0.3, 0.4) is 0 Å². The van der Waals surface area contributed by atoms with Crippen molar-refractivity contribution >= 4 is 39.4 Å². The number of likely N-dealkylation sites (tertiary alicyclic amines) is 1. The second-order valence-electron chi connectivity index (χ2n) is 7.50. The van der Waals surface area contributed by atoms with Crippen LogP contribution < -0.4 is 5.32 Å². The molecule has 29 heavy (non-hydrogen) atoms. The van der Waals surface area contributed by atoms with Gasteiger partial charge in [-0.2, -0.15) is 0 Å². The number of anilines is 1. The number of nitrogens with one attached hydrogen (secondary N) is 2. The largest absolute Gasteiger partial charge is 0.360 e. The van der Waals surface area contributed by atoms with Gasteiger partial charge in [-0.15, -0.1) is 0 Å². The molecule has 2 N–H and O–H groups in total. The second kappa shape index (κ2) is 7.57. The molecule has 5 rings (SSSR count). The molecule has 4 aromatic rings. The zero-order valence-corrected chi connectivity index (χ0v) is 16.9. The fraction of sp³-hybridized carbons (Fsp3) is 0.333. The minimum atomic E-state index is -0.0505. The van der Waals surface area contributed by atoms with Crippen molar-refractivity contribution in [3.63, 3.8) is 0 Å². The minimum Gasteiger partial charge on any atom is -0.360 e. The Morgan fingerprint density at radius 2 is 2.07 bits per heavy atom. The summed E-state index contributed by atoms with van der Waals surface area (Å²) in [5.74, 6) is 0.692. The number of nitrogens with zero attached hydrogens (tertiary/aromatic N) is 5. The molecule has 1 aliphatic heterocycles.